The highest BCUT2D eigenvalue weighted by molar-refractivity contribution is 6.64. The van der Waals surface area contributed by atoms with Crippen LogP contribution >= 0.6 is 0 Å². The molecule has 7 nitrogen and oxygen atoms in total. The van der Waals surface area contributed by atoms with Crippen molar-refractivity contribution in [3.05, 3.63) is 52.8 Å². The molecule has 1 saturated heterocycles. The zero-order chi connectivity index (χ0) is 19.7. The second-order valence-corrected chi connectivity index (χ2v) is 7.11. The summed E-state index contributed by atoms with van der Waals surface area (Å²) in [7, 11) is 0. The van der Waals surface area contributed by atoms with E-state index in [1.165, 1.54) is 6.20 Å². The van der Waals surface area contributed by atoms with E-state index in [2.05, 4.69) is 15.5 Å². The summed E-state index contributed by atoms with van der Waals surface area (Å²) in [5.74, 6) is 0.840. The van der Waals surface area contributed by atoms with Gasteiger partial charge in [-0.1, -0.05) is 25.0 Å². The number of hydrogen-bond donors (Lipinski definition) is 3. The Kier molecular flexibility index (Phi) is 4.87. The number of ether oxygens (including phenoxy) is 1. The van der Waals surface area contributed by atoms with Gasteiger partial charge in [0.25, 0.3) is 0 Å². The topological polar surface area (TPSA) is 104 Å². The van der Waals surface area contributed by atoms with Gasteiger partial charge < -0.3 is 15.1 Å². The fraction of sp³-hybridized carbons (Fsp3) is 0.250. The first-order valence-corrected chi connectivity index (χ1v) is 9.20. The number of nitrogens with one attached hydrogen (secondary N) is 2. The van der Waals surface area contributed by atoms with Gasteiger partial charge in [0.05, 0.1) is 18.3 Å². The summed E-state index contributed by atoms with van der Waals surface area (Å²) < 4.78 is 6.03. The van der Waals surface area contributed by atoms with Crippen LogP contribution in [0.5, 0.6) is 5.75 Å². The minimum absolute atomic E-state index is 0.0456. The number of aromatic amines is 1. The van der Waals surface area contributed by atoms with Crippen molar-refractivity contribution in [3.8, 4) is 16.9 Å². The standard InChI is InChI=1S/C20H20BN3O4/c1-21(27)14-3-5-19(28-11-12-6-20(26)22-9-12)16(8-14)13-2-4-15-17(7-13)24-23-10-18(15)25/h2-5,7-8,10,12,27H,6,9,11H2,1H3,(H,22,26)(H,24,25). The maximum absolute atomic E-state index is 11.9. The normalized spacial score (nSPS) is 16.2. The molecule has 8 heteroatoms. The lowest BCUT2D eigenvalue weighted by molar-refractivity contribution is -0.119. The first kappa shape index (κ1) is 18.2. The van der Waals surface area contributed by atoms with Crippen molar-refractivity contribution < 1.29 is 14.6 Å². The summed E-state index contributed by atoms with van der Waals surface area (Å²) in [4.78, 5) is 23.3. The van der Waals surface area contributed by atoms with Gasteiger partial charge in [-0.2, -0.15) is 5.10 Å². The fourth-order valence-electron chi connectivity index (χ4n) is 3.40. The van der Waals surface area contributed by atoms with E-state index in [4.69, 9.17) is 4.74 Å². The van der Waals surface area contributed by atoms with Crippen LogP contribution in [-0.4, -0.2) is 41.2 Å². The van der Waals surface area contributed by atoms with E-state index in [0.717, 1.165) is 16.6 Å². The average Bonchev–Trinajstić information content (AvgIpc) is 3.11. The SMILES string of the molecule is CB(O)c1ccc(OCC2CNC(=O)C2)c(-c2ccc3c(=O)cn[nH]c3c2)c1. The molecule has 3 aromatic rings. The molecule has 1 aliphatic heterocycles. The van der Waals surface area contributed by atoms with E-state index in [1.807, 2.05) is 30.3 Å². The molecule has 1 aromatic heterocycles. The van der Waals surface area contributed by atoms with Crippen LogP contribution in [0.15, 0.2) is 47.4 Å². The van der Waals surface area contributed by atoms with E-state index in [9.17, 15) is 14.6 Å². The number of rotatable bonds is 5. The minimum Gasteiger partial charge on any atom is -0.493 e. The summed E-state index contributed by atoms with van der Waals surface area (Å²) in [5, 5.41) is 20.1. The molecule has 2 heterocycles. The van der Waals surface area contributed by atoms with Crippen LogP contribution in [-0.2, 0) is 4.79 Å². The van der Waals surface area contributed by atoms with E-state index in [0.29, 0.717) is 36.2 Å². The molecule has 0 bridgehead atoms. The Morgan fingerprint density at radius 2 is 2.11 bits per heavy atom. The Morgan fingerprint density at radius 3 is 2.86 bits per heavy atom. The predicted octanol–water partition coefficient (Wildman–Crippen LogP) is 0.926. The summed E-state index contributed by atoms with van der Waals surface area (Å²) in [6.07, 6.45) is 1.71. The molecule has 0 spiro atoms. The number of benzene rings is 2. The molecule has 0 aliphatic carbocycles. The minimum atomic E-state index is -0.619. The Hall–Kier alpha value is -3.13. The third-order valence-electron chi connectivity index (χ3n) is 4.99. The van der Waals surface area contributed by atoms with Gasteiger partial charge in [0.2, 0.25) is 11.3 Å². The quantitative estimate of drug-likeness (QED) is 0.574. The average molecular weight is 377 g/mol. The van der Waals surface area contributed by atoms with Crippen molar-refractivity contribution in [3.63, 3.8) is 0 Å². The van der Waals surface area contributed by atoms with Gasteiger partial charge >= 0.3 is 6.92 Å². The second kappa shape index (κ2) is 7.48. The Morgan fingerprint density at radius 1 is 1.25 bits per heavy atom. The van der Waals surface area contributed by atoms with Crippen molar-refractivity contribution in [2.75, 3.05) is 13.2 Å². The summed E-state index contributed by atoms with van der Waals surface area (Å²) in [5.41, 5.74) is 2.90. The predicted molar refractivity (Wildman–Crippen MR) is 108 cm³/mol. The van der Waals surface area contributed by atoms with Crippen LogP contribution in [0.1, 0.15) is 6.42 Å². The van der Waals surface area contributed by atoms with E-state index in [1.54, 1.807) is 12.9 Å². The number of hydrogen-bond acceptors (Lipinski definition) is 5. The smallest absolute Gasteiger partial charge is 0.320 e. The lowest BCUT2D eigenvalue weighted by Gasteiger charge is -2.16. The van der Waals surface area contributed by atoms with Crippen LogP contribution < -0.4 is 20.9 Å². The number of carbonyl (C=O) groups excluding carboxylic acids is 1. The third-order valence-corrected chi connectivity index (χ3v) is 4.99. The van der Waals surface area contributed by atoms with E-state index >= 15 is 0 Å². The van der Waals surface area contributed by atoms with E-state index < -0.39 is 6.92 Å². The molecule has 0 saturated carbocycles. The number of aromatic nitrogens is 2. The molecule has 142 valence electrons. The summed E-state index contributed by atoms with van der Waals surface area (Å²) >= 11 is 0. The maximum atomic E-state index is 11.9. The largest absolute Gasteiger partial charge is 0.493 e. The number of carbonyl (C=O) groups is 1. The Bertz CT molecular complexity index is 1100. The zero-order valence-corrected chi connectivity index (χ0v) is 15.4. The first-order valence-electron chi connectivity index (χ1n) is 9.20. The van der Waals surface area contributed by atoms with Crippen LogP contribution in [0, 0.1) is 5.92 Å². The van der Waals surface area contributed by atoms with Gasteiger partial charge in [0.1, 0.15) is 5.75 Å². The number of nitrogens with zero attached hydrogens (tertiary/aromatic N) is 1. The van der Waals surface area contributed by atoms with Crippen molar-refractivity contribution in [1.29, 1.82) is 0 Å². The first-order chi connectivity index (χ1) is 13.5. The second-order valence-electron chi connectivity index (χ2n) is 7.11. The number of fused-ring (bicyclic) bond motifs is 1. The van der Waals surface area contributed by atoms with Crippen molar-refractivity contribution in [2.45, 2.75) is 13.2 Å². The zero-order valence-electron chi connectivity index (χ0n) is 15.4. The molecular weight excluding hydrogens is 357 g/mol. The summed E-state index contributed by atoms with van der Waals surface area (Å²) in [6, 6.07) is 11.0. The highest BCUT2D eigenvalue weighted by Gasteiger charge is 2.22. The lowest BCUT2D eigenvalue weighted by Crippen LogP contribution is -2.26. The lowest BCUT2D eigenvalue weighted by atomic mass is 9.64. The fourth-order valence-corrected chi connectivity index (χ4v) is 3.40. The van der Waals surface area contributed by atoms with Crippen molar-refractivity contribution in [2.24, 2.45) is 5.92 Å². The molecule has 28 heavy (non-hydrogen) atoms. The summed E-state index contributed by atoms with van der Waals surface area (Å²) in [6.45, 7) is 2.12. The van der Waals surface area contributed by atoms with Gasteiger partial charge in [-0.3, -0.25) is 14.7 Å². The molecule has 4 rings (SSSR count). The highest BCUT2D eigenvalue weighted by atomic mass is 16.5. The van der Waals surface area contributed by atoms with Crippen LogP contribution in [0.25, 0.3) is 22.0 Å². The molecule has 1 atom stereocenters. The molecule has 3 N–H and O–H groups in total. The number of H-pyrrole nitrogens is 1. The molecule has 1 fully saturated rings. The molecule has 1 unspecified atom stereocenters. The third kappa shape index (κ3) is 3.64. The highest BCUT2D eigenvalue weighted by Crippen LogP contribution is 2.31. The monoisotopic (exact) mass is 377 g/mol. The van der Waals surface area contributed by atoms with Crippen molar-refractivity contribution in [1.82, 2.24) is 15.5 Å². The van der Waals surface area contributed by atoms with Gasteiger partial charge in [0, 0.05) is 29.8 Å². The van der Waals surface area contributed by atoms with Crippen LogP contribution in [0.3, 0.4) is 0 Å². The molecule has 0 radical (unpaired) electrons. The number of amides is 1. The molecule has 1 amide bonds. The molecular formula is C20H20BN3O4. The van der Waals surface area contributed by atoms with E-state index in [-0.39, 0.29) is 17.3 Å². The maximum Gasteiger partial charge on any atom is 0.320 e. The van der Waals surface area contributed by atoms with Crippen LogP contribution in [0.2, 0.25) is 6.82 Å². The Balaban J connectivity index is 1.71. The Labute approximate surface area is 161 Å². The molecule has 2 aromatic carbocycles. The van der Waals surface area contributed by atoms with Gasteiger partial charge in [0.15, 0.2) is 0 Å². The van der Waals surface area contributed by atoms with Gasteiger partial charge in [-0.25, -0.2) is 0 Å². The van der Waals surface area contributed by atoms with Crippen LogP contribution in [0.4, 0.5) is 0 Å². The van der Waals surface area contributed by atoms with Crippen molar-refractivity contribution >= 4 is 29.2 Å². The molecule has 1 aliphatic rings. The van der Waals surface area contributed by atoms with Gasteiger partial charge in [-0.15, -0.1) is 0 Å². The van der Waals surface area contributed by atoms with Gasteiger partial charge in [-0.05, 0) is 29.2 Å².